The second-order valence-electron chi connectivity index (χ2n) is 5.73. The molecule has 20 heavy (non-hydrogen) atoms. The molecular formula is C16H23N3O. The van der Waals surface area contributed by atoms with Crippen LogP contribution < -0.4 is 15.4 Å². The average Bonchev–Trinajstić information content (AvgIpc) is 3.30. The molecule has 4 nitrogen and oxygen atoms in total. The Morgan fingerprint density at radius 1 is 1.35 bits per heavy atom. The van der Waals surface area contributed by atoms with Crippen LogP contribution in [0.3, 0.4) is 0 Å². The van der Waals surface area contributed by atoms with E-state index < -0.39 is 0 Å². The fourth-order valence-corrected chi connectivity index (χ4v) is 2.73. The molecule has 0 amide bonds. The van der Waals surface area contributed by atoms with E-state index in [1.54, 1.807) is 7.11 Å². The van der Waals surface area contributed by atoms with Gasteiger partial charge in [-0.15, -0.1) is 0 Å². The number of aliphatic imine (C=N–C) groups is 1. The number of benzene rings is 1. The molecule has 0 spiro atoms. The number of rotatable bonds is 4. The average molecular weight is 273 g/mol. The zero-order chi connectivity index (χ0) is 13.8. The van der Waals surface area contributed by atoms with E-state index >= 15 is 0 Å². The van der Waals surface area contributed by atoms with Gasteiger partial charge in [0, 0.05) is 25.0 Å². The Hall–Kier alpha value is -1.71. The van der Waals surface area contributed by atoms with Gasteiger partial charge in [0.25, 0.3) is 0 Å². The van der Waals surface area contributed by atoms with Crippen LogP contribution in [0.1, 0.15) is 31.2 Å². The van der Waals surface area contributed by atoms with Crippen LogP contribution in [0.25, 0.3) is 0 Å². The van der Waals surface area contributed by atoms with E-state index in [2.05, 4.69) is 33.8 Å². The number of nitrogens with one attached hydrogen (secondary N) is 2. The molecule has 0 saturated heterocycles. The molecule has 0 atom stereocenters. The van der Waals surface area contributed by atoms with E-state index in [9.17, 15) is 0 Å². The summed E-state index contributed by atoms with van der Waals surface area (Å²) in [6.45, 7) is 2.91. The molecule has 1 fully saturated rings. The van der Waals surface area contributed by atoms with Crippen molar-refractivity contribution >= 4 is 5.96 Å². The van der Waals surface area contributed by atoms with Crippen molar-refractivity contribution in [3.05, 3.63) is 29.8 Å². The van der Waals surface area contributed by atoms with Crippen molar-refractivity contribution in [3.63, 3.8) is 0 Å². The molecule has 2 N–H and O–H groups in total. The highest BCUT2D eigenvalue weighted by Gasteiger charge is 2.44. The van der Waals surface area contributed by atoms with Gasteiger partial charge in [0.05, 0.1) is 7.11 Å². The van der Waals surface area contributed by atoms with Crippen LogP contribution in [0.5, 0.6) is 5.75 Å². The molecule has 1 saturated carbocycles. The van der Waals surface area contributed by atoms with Crippen molar-refractivity contribution in [1.82, 2.24) is 10.6 Å². The lowest BCUT2D eigenvalue weighted by molar-refractivity contribution is 0.413. The highest BCUT2D eigenvalue weighted by Crippen LogP contribution is 2.48. The van der Waals surface area contributed by atoms with Gasteiger partial charge in [-0.05, 0) is 43.4 Å². The summed E-state index contributed by atoms with van der Waals surface area (Å²) in [7, 11) is 1.72. The number of hydrogen-bond donors (Lipinski definition) is 2. The zero-order valence-electron chi connectivity index (χ0n) is 12.1. The minimum Gasteiger partial charge on any atom is -0.497 e. The summed E-state index contributed by atoms with van der Waals surface area (Å²) in [5.74, 6) is 1.91. The van der Waals surface area contributed by atoms with E-state index in [1.807, 2.05) is 6.07 Å². The molecule has 0 bridgehead atoms. The third-order valence-electron chi connectivity index (χ3n) is 4.28. The molecule has 1 aliphatic carbocycles. The Labute approximate surface area is 120 Å². The highest BCUT2D eigenvalue weighted by molar-refractivity contribution is 5.80. The van der Waals surface area contributed by atoms with Crippen molar-refractivity contribution in [2.45, 2.75) is 31.1 Å². The van der Waals surface area contributed by atoms with Crippen molar-refractivity contribution < 1.29 is 4.74 Å². The van der Waals surface area contributed by atoms with Gasteiger partial charge in [-0.1, -0.05) is 12.1 Å². The minimum atomic E-state index is 0.269. The topological polar surface area (TPSA) is 45.6 Å². The van der Waals surface area contributed by atoms with Crippen LogP contribution in [-0.2, 0) is 5.41 Å². The molecule has 1 aromatic carbocycles. The van der Waals surface area contributed by atoms with Gasteiger partial charge in [0.15, 0.2) is 5.96 Å². The normalized spacial score (nSPS) is 20.4. The minimum absolute atomic E-state index is 0.269. The number of guanidine groups is 1. The van der Waals surface area contributed by atoms with Gasteiger partial charge < -0.3 is 15.4 Å². The van der Waals surface area contributed by atoms with Crippen LogP contribution in [-0.4, -0.2) is 32.7 Å². The lowest BCUT2D eigenvalue weighted by Crippen LogP contribution is -2.41. The Kier molecular flexibility index (Phi) is 3.81. The smallest absolute Gasteiger partial charge is 0.191 e. The lowest BCUT2D eigenvalue weighted by Gasteiger charge is -2.19. The Morgan fingerprint density at radius 3 is 3.05 bits per heavy atom. The third kappa shape index (κ3) is 2.89. The first kappa shape index (κ1) is 13.3. The van der Waals surface area contributed by atoms with Gasteiger partial charge in [-0.25, -0.2) is 0 Å². The molecule has 2 aliphatic rings. The largest absolute Gasteiger partial charge is 0.497 e. The second-order valence-corrected chi connectivity index (χ2v) is 5.73. The van der Waals surface area contributed by atoms with Crippen molar-refractivity contribution in [2.24, 2.45) is 4.99 Å². The SMILES string of the molecule is COc1cccc(C2(CNC3=NCCCCN3)CC2)c1. The van der Waals surface area contributed by atoms with Crippen LogP contribution in [0, 0.1) is 0 Å². The van der Waals surface area contributed by atoms with Gasteiger partial charge in [0.2, 0.25) is 0 Å². The van der Waals surface area contributed by atoms with Gasteiger partial charge in [0.1, 0.15) is 5.75 Å². The van der Waals surface area contributed by atoms with Crippen LogP contribution >= 0.6 is 0 Å². The standard InChI is InChI=1S/C16H23N3O/c1-20-14-6-4-5-13(11-14)16(7-8-16)12-19-15-17-9-2-3-10-18-15/h4-6,11H,2-3,7-10,12H2,1H3,(H2,17,18,19). The first-order valence-electron chi connectivity index (χ1n) is 7.49. The van der Waals surface area contributed by atoms with E-state index in [-0.39, 0.29) is 5.41 Å². The van der Waals surface area contributed by atoms with Crippen molar-refractivity contribution in [2.75, 3.05) is 26.7 Å². The molecule has 1 aromatic rings. The number of methoxy groups -OCH3 is 1. The molecule has 0 radical (unpaired) electrons. The Bertz CT molecular complexity index is 494. The first-order chi connectivity index (χ1) is 9.82. The molecule has 108 valence electrons. The van der Waals surface area contributed by atoms with Gasteiger partial charge in [-0.3, -0.25) is 4.99 Å². The van der Waals surface area contributed by atoms with E-state index in [0.717, 1.165) is 31.3 Å². The Morgan fingerprint density at radius 2 is 2.25 bits per heavy atom. The first-order valence-corrected chi connectivity index (χ1v) is 7.49. The van der Waals surface area contributed by atoms with E-state index in [4.69, 9.17) is 4.74 Å². The van der Waals surface area contributed by atoms with Crippen molar-refractivity contribution in [1.29, 1.82) is 0 Å². The molecule has 1 heterocycles. The fourth-order valence-electron chi connectivity index (χ4n) is 2.73. The summed E-state index contributed by atoms with van der Waals surface area (Å²) in [5, 5.41) is 6.87. The number of hydrogen-bond acceptors (Lipinski definition) is 4. The molecular weight excluding hydrogens is 250 g/mol. The summed E-state index contributed by atoms with van der Waals surface area (Å²) in [6, 6.07) is 8.45. The molecule has 1 aliphatic heterocycles. The summed E-state index contributed by atoms with van der Waals surface area (Å²) < 4.78 is 5.33. The number of ether oxygens (including phenoxy) is 1. The molecule has 4 heteroatoms. The number of nitrogens with zero attached hydrogens (tertiary/aromatic N) is 1. The lowest BCUT2D eigenvalue weighted by atomic mass is 9.96. The third-order valence-corrected chi connectivity index (χ3v) is 4.28. The molecule has 3 rings (SSSR count). The summed E-state index contributed by atoms with van der Waals surface area (Å²) in [6.07, 6.45) is 4.86. The van der Waals surface area contributed by atoms with Gasteiger partial charge in [-0.2, -0.15) is 0 Å². The summed E-state index contributed by atoms with van der Waals surface area (Å²) in [5.41, 5.74) is 1.64. The van der Waals surface area contributed by atoms with E-state index in [0.29, 0.717) is 0 Å². The maximum absolute atomic E-state index is 5.33. The van der Waals surface area contributed by atoms with Crippen LogP contribution in [0.2, 0.25) is 0 Å². The van der Waals surface area contributed by atoms with Crippen LogP contribution in [0.4, 0.5) is 0 Å². The van der Waals surface area contributed by atoms with Crippen LogP contribution in [0.15, 0.2) is 29.3 Å². The maximum Gasteiger partial charge on any atom is 0.191 e. The predicted octanol–water partition coefficient (Wildman–Crippen LogP) is 2.06. The quantitative estimate of drug-likeness (QED) is 0.882. The Balaban J connectivity index is 1.65. The fraction of sp³-hybridized carbons (Fsp3) is 0.562. The predicted molar refractivity (Wildman–Crippen MR) is 81.4 cm³/mol. The maximum atomic E-state index is 5.33. The van der Waals surface area contributed by atoms with Gasteiger partial charge >= 0.3 is 0 Å². The molecule has 0 aromatic heterocycles. The van der Waals surface area contributed by atoms with Crippen molar-refractivity contribution in [3.8, 4) is 5.75 Å². The zero-order valence-corrected chi connectivity index (χ0v) is 12.1. The monoisotopic (exact) mass is 273 g/mol. The molecule has 0 unspecified atom stereocenters. The van der Waals surface area contributed by atoms with E-state index in [1.165, 1.54) is 31.2 Å². The second kappa shape index (κ2) is 5.73. The highest BCUT2D eigenvalue weighted by atomic mass is 16.5. The summed E-state index contributed by atoms with van der Waals surface area (Å²) >= 11 is 0. The summed E-state index contributed by atoms with van der Waals surface area (Å²) in [4.78, 5) is 4.55.